The maximum Gasteiger partial charge on any atom is 0.119 e. The Labute approximate surface area is 152 Å². The number of benzene rings is 2. The van der Waals surface area contributed by atoms with E-state index >= 15 is 0 Å². The molecule has 0 radical (unpaired) electrons. The molecule has 2 aromatic carbocycles. The molecule has 1 saturated heterocycles. The van der Waals surface area contributed by atoms with Gasteiger partial charge in [-0.25, -0.2) is 0 Å². The minimum absolute atomic E-state index is 0.780. The third-order valence-corrected chi connectivity index (χ3v) is 4.80. The van der Waals surface area contributed by atoms with Crippen molar-refractivity contribution in [1.29, 1.82) is 0 Å². The molecule has 0 unspecified atom stereocenters. The summed E-state index contributed by atoms with van der Waals surface area (Å²) in [6.07, 6.45) is 2.27. The van der Waals surface area contributed by atoms with E-state index in [4.69, 9.17) is 9.47 Å². The Morgan fingerprint density at radius 1 is 0.875 bits per heavy atom. The van der Waals surface area contributed by atoms with Crippen LogP contribution in [0.1, 0.15) is 12.8 Å². The van der Waals surface area contributed by atoms with Crippen LogP contribution in [-0.4, -0.2) is 44.4 Å². The molecule has 2 aromatic rings. The minimum Gasteiger partial charge on any atom is -0.494 e. The van der Waals surface area contributed by atoms with E-state index in [9.17, 15) is 0 Å². The first-order chi connectivity index (χ1) is 11.8. The van der Waals surface area contributed by atoms with Gasteiger partial charge in [0.15, 0.2) is 0 Å². The zero-order valence-corrected chi connectivity index (χ0v) is 15.5. The van der Waals surface area contributed by atoms with Gasteiger partial charge in [0.05, 0.1) is 19.8 Å². The number of unbranched alkanes of at least 4 members (excludes halogenated alkanes) is 1. The molecule has 1 aliphatic rings. The molecule has 0 spiro atoms. The topological polar surface area (TPSA) is 21.7 Å². The van der Waals surface area contributed by atoms with Crippen LogP contribution in [0.15, 0.2) is 53.0 Å². The molecule has 24 heavy (non-hydrogen) atoms. The van der Waals surface area contributed by atoms with Gasteiger partial charge in [0.1, 0.15) is 5.75 Å². The number of hydrogen-bond acceptors (Lipinski definition) is 3. The fourth-order valence-corrected chi connectivity index (χ4v) is 3.10. The molecular weight excluding hydrogens is 366 g/mol. The van der Waals surface area contributed by atoms with Crippen LogP contribution >= 0.6 is 15.9 Å². The monoisotopic (exact) mass is 389 g/mol. The third kappa shape index (κ3) is 5.33. The van der Waals surface area contributed by atoms with Crippen LogP contribution in [-0.2, 0) is 4.74 Å². The van der Waals surface area contributed by atoms with Crippen molar-refractivity contribution in [2.24, 2.45) is 0 Å². The largest absolute Gasteiger partial charge is 0.494 e. The van der Waals surface area contributed by atoms with Gasteiger partial charge in [-0.3, -0.25) is 4.90 Å². The van der Waals surface area contributed by atoms with Gasteiger partial charge in [-0.05, 0) is 54.8 Å². The van der Waals surface area contributed by atoms with Gasteiger partial charge in [0.25, 0.3) is 0 Å². The number of rotatable bonds is 7. The highest BCUT2D eigenvalue weighted by molar-refractivity contribution is 9.10. The number of halogens is 1. The molecule has 0 saturated carbocycles. The summed E-state index contributed by atoms with van der Waals surface area (Å²) < 4.78 is 12.3. The second-order valence-electron chi connectivity index (χ2n) is 6.04. The molecule has 1 aliphatic heterocycles. The van der Waals surface area contributed by atoms with Crippen LogP contribution in [0.2, 0.25) is 0 Å². The van der Waals surface area contributed by atoms with Gasteiger partial charge < -0.3 is 9.47 Å². The van der Waals surface area contributed by atoms with Crippen LogP contribution in [0.4, 0.5) is 0 Å². The van der Waals surface area contributed by atoms with Gasteiger partial charge >= 0.3 is 0 Å². The first-order valence-corrected chi connectivity index (χ1v) is 9.39. The maximum atomic E-state index is 5.85. The first-order valence-electron chi connectivity index (χ1n) is 8.60. The lowest BCUT2D eigenvalue weighted by Gasteiger charge is -2.26. The lowest BCUT2D eigenvalue weighted by molar-refractivity contribution is 0.0368. The summed E-state index contributed by atoms with van der Waals surface area (Å²) in [5.74, 6) is 0.947. The zero-order chi connectivity index (χ0) is 16.6. The summed E-state index contributed by atoms with van der Waals surface area (Å²) in [6, 6.07) is 16.7. The van der Waals surface area contributed by atoms with Crippen molar-refractivity contribution in [2.75, 3.05) is 39.5 Å². The van der Waals surface area contributed by atoms with Gasteiger partial charge in [0, 0.05) is 17.6 Å². The summed E-state index contributed by atoms with van der Waals surface area (Å²) in [5.41, 5.74) is 2.43. The van der Waals surface area contributed by atoms with Gasteiger partial charge in [-0.2, -0.15) is 0 Å². The molecular formula is C20H24BrNO2. The van der Waals surface area contributed by atoms with E-state index in [0.717, 1.165) is 56.1 Å². The molecule has 1 fully saturated rings. The third-order valence-electron chi connectivity index (χ3n) is 4.27. The van der Waals surface area contributed by atoms with E-state index in [1.165, 1.54) is 17.5 Å². The molecule has 0 amide bonds. The van der Waals surface area contributed by atoms with Crippen molar-refractivity contribution in [3.63, 3.8) is 0 Å². The van der Waals surface area contributed by atoms with Gasteiger partial charge in [-0.1, -0.05) is 40.2 Å². The fourth-order valence-electron chi connectivity index (χ4n) is 2.84. The van der Waals surface area contributed by atoms with Gasteiger partial charge in [-0.15, -0.1) is 0 Å². The summed E-state index contributed by atoms with van der Waals surface area (Å²) in [5, 5.41) is 0. The van der Waals surface area contributed by atoms with Crippen LogP contribution < -0.4 is 4.74 Å². The molecule has 3 rings (SSSR count). The van der Waals surface area contributed by atoms with Crippen molar-refractivity contribution in [3.05, 3.63) is 53.0 Å². The van der Waals surface area contributed by atoms with E-state index in [1.807, 2.05) is 0 Å². The minimum atomic E-state index is 0.780. The van der Waals surface area contributed by atoms with Crippen LogP contribution in [0, 0.1) is 0 Å². The molecule has 4 heteroatoms. The van der Waals surface area contributed by atoms with E-state index in [-0.39, 0.29) is 0 Å². The average molecular weight is 390 g/mol. The standard InChI is InChI=1S/C20H24BrNO2/c21-19-7-3-17(4-8-19)18-5-9-20(10-6-18)24-14-2-1-11-22-12-15-23-16-13-22/h3-10H,1-2,11-16H2. The Bertz CT molecular complexity index is 607. The Hall–Kier alpha value is -1.36. The van der Waals surface area contributed by atoms with E-state index in [2.05, 4.69) is 69.4 Å². The lowest BCUT2D eigenvalue weighted by Crippen LogP contribution is -2.36. The number of nitrogens with zero attached hydrogens (tertiary/aromatic N) is 1. The summed E-state index contributed by atoms with van der Waals surface area (Å²) in [4.78, 5) is 2.47. The van der Waals surface area contributed by atoms with Crippen LogP contribution in [0.3, 0.4) is 0 Å². The van der Waals surface area contributed by atoms with Crippen molar-refractivity contribution in [3.8, 4) is 16.9 Å². The van der Waals surface area contributed by atoms with Crippen molar-refractivity contribution in [2.45, 2.75) is 12.8 Å². The Morgan fingerprint density at radius 3 is 2.17 bits per heavy atom. The maximum absolute atomic E-state index is 5.85. The highest BCUT2D eigenvalue weighted by atomic mass is 79.9. The molecule has 0 aromatic heterocycles. The number of hydrogen-bond donors (Lipinski definition) is 0. The molecule has 1 heterocycles. The molecule has 0 aliphatic carbocycles. The van der Waals surface area contributed by atoms with Crippen molar-refractivity contribution in [1.82, 2.24) is 4.90 Å². The van der Waals surface area contributed by atoms with Crippen molar-refractivity contribution < 1.29 is 9.47 Å². The summed E-state index contributed by atoms with van der Waals surface area (Å²) >= 11 is 3.47. The molecule has 3 nitrogen and oxygen atoms in total. The van der Waals surface area contributed by atoms with Crippen LogP contribution in [0.25, 0.3) is 11.1 Å². The Morgan fingerprint density at radius 2 is 1.50 bits per heavy atom. The quantitative estimate of drug-likeness (QED) is 0.645. The second-order valence-corrected chi connectivity index (χ2v) is 6.96. The van der Waals surface area contributed by atoms with E-state index in [0.29, 0.717) is 0 Å². The average Bonchev–Trinajstić information content (AvgIpc) is 2.64. The summed E-state index contributed by atoms with van der Waals surface area (Å²) in [6.45, 7) is 5.82. The predicted molar refractivity (Wildman–Crippen MR) is 102 cm³/mol. The molecule has 0 bridgehead atoms. The highest BCUT2D eigenvalue weighted by Crippen LogP contribution is 2.24. The Balaban J connectivity index is 1.39. The number of morpholine rings is 1. The first kappa shape index (κ1) is 17.5. The lowest BCUT2D eigenvalue weighted by atomic mass is 10.1. The number of ether oxygens (including phenoxy) is 2. The SMILES string of the molecule is Brc1ccc(-c2ccc(OCCCCN3CCOCC3)cc2)cc1. The molecule has 0 atom stereocenters. The van der Waals surface area contributed by atoms with Crippen molar-refractivity contribution >= 4 is 15.9 Å². The normalized spacial score (nSPS) is 15.4. The highest BCUT2D eigenvalue weighted by Gasteiger charge is 2.09. The van der Waals surface area contributed by atoms with E-state index in [1.54, 1.807) is 0 Å². The molecule has 128 valence electrons. The smallest absolute Gasteiger partial charge is 0.119 e. The van der Waals surface area contributed by atoms with E-state index < -0.39 is 0 Å². The second kappa shape index (κ2) is 9.21. The summed E-state index contributed by atoms with van der Waals surface area (Å²) in [7, 11) is 0. The Kier molecular flexibility index (Phi) is 6.70. The predicted octanol–water partition coefficient (Wildman–Crippen LogP) is 4.61. The van der Waals surface area contributed by atoms with Gasteiger partial charge in [0.2, 0.25) is 0 Å². The van der Waals surface area contributed by atoms with Crippen LogP contribution in [0.5, 0.6) is 5.75 Å². The fraction of sp³-hybridized carbons (Fsp3) is 0.400. The zero-order valence-electron chi connectivity index (χ0n) is 13.9. The molecule has 0 N–H and O–H groups in total.